The Labute approximate surface area is 222 Å². The predicted octanol–water partition coefficient (Wildman–Crippen LogP) is 10.2. The van der Waals surface area contributed by atoms with Gasteiger partial charge in [0.2, 0.25) is 0 Å². The lowest BCUT2D eigenvalue weighted by atomic mass is 9.93. The highest BCUT2D eigenvalue weighted by molar-refractivity contribution is 7.85. The molecule has 0 spiro atoms. The van der Waals surface area contributed by atoms with Crippen LogP contribution in [0.15, 0.2) is 35.2 Å². The second-order valence-electron chi connectivity index (χ2n) is 10.8. The Bertz CT molecular complexity index is 965. The van der Waals surface area contributed by atoms with Crippen LogP contribution in [0, 0.1) is 0 Å². The molecule has 2 aromatic rings. The van der Waals surface area contributed by atoms with Crippen LogP contribution in [-0.4, -0.2) is 13.0 Å². The van der Waals surface area contributed by atoms with E-state index < -0.39 is 10.1 Å². The number of rotatable bonds is 21. The average Bonchev–Trinajstić information content (AvgIpc) is 2.85. The zero-order chi connectivity index (χ0) is 26.1. The van der Waals surface area contributed by atoms with E-state index in [0.717, 1.165) is 23.6 Å². The largest absolute Gasteiger partial charge is 0.294 e. The van der Waals surface area contributed by atoms with Gasteiger partial charge >= 0.3 is 0 Å². The maximum atomic E-state index is 11.6. The fraction of sp³-hybridized carbons (Fsp3) is 0.688. The molecular formula is C32H52O3S. The predicted molar refractivity (Wildman–Crippen MR) is 156 cm³/mol. The Morgan fingerprint density at radius 1 is 0.528 bits per heavy atom. The fourth-order valence-electron chi connectivity index (χ4n) is 5.25. The minimum atomic E-state index is -4.18. The van der Waals surface area contributed by atoms with Crippen molar-refractivity contribution in [2.45, 2.75) is 147 Å². The molecular weight excluding hydrogens is 464 g/mol. The normalized spacial score (nSPS) is 12.0. The Hall–Kier alpha value is -1.39. The van der Waals surface area contributed by atoms with Gasteiger partial charge in [-0.15, -0.1) is 0 Å². The van der Waals surface area contributed by atoms with Crippen molar-refractivity contribution in [3.8, 4) is 0 Å². The molecule has 204 valence electrons. The van der Waals surface area contributed by atoms with Gasteiger partial charge in [0.05, 0.1) is 4.90 Å². The first-order valence-electron chi connectivity index (χ1n) is 15.0. The minimum Gasteiger partial charge on any atom is -0.282 e. The van der Waals surface area contributed by atoms with Crippen LogP contribution in [0.1, 0.15) is 141 Å². The topological polar surface area (TPSA) is 54.4 Å². The Morgan fingerprint density at radius 3 is 1.33 bits per heavy atom. The van der Waals surface area contributed by atoms with Crippen LogP contribution in [0.3, 0.4) is 0 Å². The van der Waals surface area contributed by atoms with Gasteiger partial charge in [0.15, 0.2) is 0 Å². The summed E-state index contributed by atoms with van der Waals surface area (Å²) in [6, 6.07) is 9.41. The van der Waals surface area contributed by atoms with Crippen LogP contribution in [-0.2, 0) is 23.0 Å². The van der Waals surface area contributed by atoms with E-state index in [0.29, 0.717) is 0 Å². The summed E-state index contributed by atoms with van der Waals surface area (Å²) in [6.07, 6.45) is 26.0. The van der Waals surface area contributed by atoms with Crippen LogP contribution in [0.25, 0.3) is 10.8 Å². The third-order valence-electron chi connectivity index (χ3n) is 7.53. The SMILES string of the molecule is CCCCCCCCCCCc1cc2ccc(S(=O)(=O)O)cc2cc1CCCCCCCCCCC. The maximum absolute atomic E-state index is 11.6. The first-order valence-corrected chi connectivity index (χ1v) is 16.4. The van der Waals surface area contributed by atoms with E-state index in [2.05, 4.69) is 26.0 Å². The molecule has 0 saturated heterocycles. The van der Waals surface area contributed by atoms with Crippen molar-refractivity contribution in [2.75, 3.05) is 0 Å². The maximum Gasteiger partial charge on any atom is 0.294 e. The Balaban J connectivity index is 1.91. The molecule has 0 atom stereocenters. The minimum absolute atomic E-state index is 0.0179. The number of hydrogen-bond acceptors (Lipinski definition) is 2. The van der Waals surface area contributed by atoms with E-state index in [-0.39, 0.29) is 4.90 Å². The van der Waals surface area contributed by atoms with E-state index in [9.17, 15) is 13.0 Å². The third kappa shape index (κ3) is 12.2. The standard InChI is InChI=1S/C32H52O3S/c1-3-5-7-9-11-13-15-17-19-21-28-25-30-23-24-32(36(33,34)35)27-31(30)26-29(28)22-20-18-16-14-12-10-8-6-4-2/h23-27H,3-22H2,1-2H3,(H,33,34,35). The van der Waals surface area contributed by atoms with Crippen LogP contribution < -0.4 is 0 Å². The molecule has 0 fully saturated rings. The van der Waals surface area contributed by atoms with Gasteiger partial charge in [0.1, 0.15) is 0 Å². The molecule has 2 rings (SSSR count). The highest BCUT2D eigenvalue weighted by Crippen LogP contribution is 2.26. The summed E-state index contributed by atoms with van der Waals surface area (Å²) in [6.45, 7) is 4.53. The quantitative estimate of drug-likeness (QED) is 0.133. The van der Waals surface area contributed by atoms with Gasteiger partial charge in [-0.1, -0.05) is 135 Å². The van der Waals surface area contributed by atoms with E-state index in [1.165, 1.54) is 133 Å². The summed E-state index contributed by atoms with van der Waals surface area (Å²) in [5.74, 6) is 0. The summed E-state index contributed by atoms with van der Waals surface area (Å²) in [5, 5.41) is 1.97. The molecule has 4 heteroatoms. The molecule has 0 unspecified atom stereocenters. The number of aryl methyl sites for hydroxylation is 2. The van der Waals surface area contributed by atoms with Crippen molar-refractivity contribution in [3.63, 3.8) is 0 Å². The molecule has 0 radical (unpaired) electrons. The molecule has 2 aromatic carbocycles. The molecule has 0 aromatic heterocycles. The van der Waals surface area contributed by atoms with E-state index >= 15 is 0 Å². The van der Waals surface area contributed by atoms with E-state index in [1.54, 1.807) is 6.07 Å². The van der Waals surface area contributed by atoms with Gasteiger partial charge in [0.25, 0.3) is 10.1 Å². The number of fused-ring (bicyclic) bond motifs is 1. The number of hydrogen-bond donors (Lipinski definition) is 1. The molecule has 0 bridgehead atoms. The summed E-state index contributed by atoms with van der Waals surface area (Å²) < 4.78 is 32.8. The number of benzene rings is 2. The van der Waals surface area contributed by atoms with Crippen LogP contribution >= 0.6 is 0 Å². The molecule has 3 nitrogen and oxygen atoms in total. The highest BCUT2D eigenvalue weighted by atomic mass is 32.2. The smallest absolute Gasteiger partial charge is 0.282 e. The molecule has 0 heterocycles. The fourth-order valence-corrected chi connectivity index (χ4v) is 5.76. The summed E-state index contributed by atoms with van der Waals surface area (Å²) in [7, 11) is -4.18. The van der Waals surface area contributed by atoms with Crippen molar-refractivity contribution >= 4 is 20.9 Å². The van der Waals surface area contributed by atoms with E-state index in [4.69, 9.17) is 0 Å². The van der Waals surface area contributed by atoms with Gasteiger partial charge in [-0.2, -0.15) is 8.42 Å². The Kier molecular flexibility index (Phi) is 15.4. The van der Waals surface area contributed by atoms with Crippen molar-refractivity contribution in [1.29, 1.82) is 0 Å². The van der Waals surface area contributed by atoms with Crippen LogP contribution in [0.4, 0.5) is 0 Å². The lowest BCUT2D eigenvalue weighted by Gasteiger charge is -2.13. The summed E-state index contributed by atoms with van der Waals surface area (Å²) in [5.41, 5.74) is 2.78. The monoisotopic (exact) mass is 516 g/mol. The van der Waals surface area contributed by atoms with Crippen molar-refractivity contribution in [2.24, 2.45) is 0 Å². The zero-order valence-electron chi connectivity index (χ0n) is 23.2. The molecule has 0 saturated carbocycles. The van der Waals surface area contributed by atoms with Gasteiger partial charge in [0, 0.05) is 0 Å². The molecule has 0 aliphatic heterocycles. The van der Waals surface area contributed by atoms with Crippen LogP contribution in [0.2, 0.25) is 0 Å². The molecule has 36 heavy (non-hydrogen) atoms. The number of unbranched alkanes of at least 4 members (excludes halogenated alkanes) is 16. The van der Waals surface area contributed by atoms with Gasteiger partial charge in [-0.25, -0.2) is 0 Å². The molecule has 0 aliphatic rings. The lowest BCUT2D eigenvalue weighted by molar-refractivity contribution is 0.483. The van der Waals surface area contributed by atoms with Crippen molar-refractivity contribution < 1.29 is 13.0 Å². The Morgan fingerprint density at radius 2 is 0.917 bits per heavy atom. The molecule has 0 aliphatic carbocycles. The van der Waals surface area contributed by atoms with Gasteiger partial charge in [-0.3, -0.25) is 4.55 Å². The first-order chi connectivity index (χ1) is 17.5. The average molecular weight is 517 g/mol. The molecule has 0 amide bonds. The van der Waals surface area contributed by atoms with Crippen molar-refractivity contribution in [3.05, 3.63) is 41.5 Å². The third-order valence-corrected chi connectivity index (χ3v) is 8.38. The molecule has 1 N–H and O–H groups in total. The van der Waals surface area contributed by atoms with Gasteiger partial charge in [-0.05, 0) is 59.7 Å². The first kappa shape index (κ1) is 30.8. The second-order valence-corrected chi connectivity index (χ2v) is 12.2. The zero-order valence-corrected chi connectivity index (χ0v) is 24.0. The van der Waals surface area contributed by atoms with E-state index in [1.807, 2.05) is 6.07 Å². The summed E-state index contributed by atoms with van der Waals surface area (Å²) >= 11 is 0. The van der Waals surface area contributed by atoms with Crippen LogP contribution in [0.5, 0.6) is 0 Å². The summed E-state index contributed by atoms with van der Waals surface area (Å²) in [4.78, 5) is -0.0179. The second kappa shape index (κ2) is 18.0. The van der Waals surface area contributed by atoms with Crippen molar-refractivity contribution in [1.82, 2.24) is 0 Å². The van der Waals surface area contributed by atoms with Gasteiger partial charge < -0.3 is 0 Å². The highest BCUT2D eigenvalue weighted by Gasteiger charge is 2.12. The lowest BCUT2D eigenvalue weighted by Crippen LogP contribution is -1.99.